The second-order valence-corrected chi connectivity index (χ2v) is 6.76. The van der Waals surface area contributed by atoms with Gasteiger partial charge in [0.05, 0.1) is 19.7 Å². The lowest BCUT2D eigenvalue weighted by Crippen LogP contribution is -2.42. The van der Waals surface area contributed by atoms with E-state index in [0.29, 0.717) is 13.1 Å². The highest BCUT2D eigenvalue weighted by Gasteiger charge is 2.27. The van der Waals surface area contributed by atoms with E-state index < -0.39 is 0 Å². The van der Waals surface area contributed by atoms with Crippen LogP contribution in [-0.4, -0.2) is 42.7 Å². The van der Waals surface area contributed by atoms with E-state index in [1.165, 1.54) is 0 Å². The zero-order chi connectivity index (χ0) is 18.4. The van der Waals surface area contributed by atoms with Crippen molar-refractivity contribution in [1.82, 2.24) is 15.4 Å². The fraction of sp³-hybridized carbons (Fsp3) is 0.500. The molecule has 0 spiro atoms. The quantitative estimate of drug-likeness (QED) is 0.825. The number of benzene rings is 1. The molecule has 3 rings (SSSR count). The Morgan fingerprint density at radius 3 is 3.00 bits per heavy atom. The Balaban J connectivity index is 1.51. The molecule has 6 nitrogen and oxygen atoms in total. The number of aromatic nitrogens is 1. The number of para-hydroxylation sites is 1. The summed E-state index contributed by atoms with van der Waals surface area (Å²) in [6.45, 7) is 3.80. The molecule has 2 aromatic rings. The maximum absolute atomic E-state index is 12.4. The first-order valence-corrected chi connectivity index (χ1v) is 9.23. The van der Waals surface area contributed by atoms with Crippen LogP contribution in [0.4, 0.5) is 0 Å². The Kier molecular flexibility index (Phi) is 6.28. The molecule has 1 unspecified atom stereocenters. The molecule has 1 atom stereocenters. The maximum atomic E-state index is 12.4. The van der Waals surface area contributed by atoms with E-state index in [9.17, 15) is 4.79 Å². The van der Waals surface area contributed by atoms with Crippen molar-refractivity contribution < 1.29 is 14.1 Å². The van der Waals surface area contributed by atoms with Crippen LogP contribution in [0.5, 0.6) is 5.75 Å². The van der Waals surface area contributed by atoms with Gasteiger partial charge in [-0.15, -0.1) is 0 Å². The van der Waals surface area contributed by atoms with Crippen LogP contribution in [0, 0.1) is 6.92 Å². The Hall–Kier alpha value is -2.34. The van der Waals surface area contributed by atoms with Crippen molar-refractivity contribution in [3.8, 4) is 5.75 Å². The third kappa shape index (κ3) is 4.64. The van der Waals surface area contributed by atoms with Crippen molar-refractivity contribution in [2.24, 2.45) is 0 Å². The molecule has 140 valence electrons. The molecule has 1 aromatic carbocycles. The minimum absolute atomic E-state index is 0.0482. The molecule has 0 saturated carbocycles. The Bertz CT molecular complexity index is 729. The highest BCUT2D eigenvalue weighted by atomic mass is 16.5. The molecule has 0 bridgehead atoms. The van der Waals surface area contributed by atoms with Crippen molar-refractivity contribution in [3.05, 3.63) is 47.3 Å². The normalized spacial score (nSPS) is 17.8. The minimum Gasteiger partial charge on any atom is -0.496 e. The highest BCUT2D eigenvalue weighted by molar-refractivity contribution is 5.78. The second-order valence-electron chi connectivity index (χ2n) is 6.76. The van der Waals surface area contributed by atoms with Gasteiger partial charge in [0.15, 0.2) is 0 Å². The zero-order valence-electron chi connectivity index (χ0n) is 15.5. The zero-order valence-corrected chi connectivity index (χ0v) is 15.5. The van der Waals surface area contributed by atoms with Gasteiger partial charge in [-0.25, -0.2) is 0 Å². The van der Waals surface area contributed by atoms with Gasteiger partial charge >= 0.3 is 0 Å². The van der Waals surface area contributed by atoms with E-state index in [-0.39, 0.29) is 11.9 Å². The summed E-state index contributed by atoms with van der Waals surface area (Å²) in [6.07, 6.45) is 4.03. The number of aryl methyl sites for hydroxylation is 1. The van der Waals surface area contributed by atoms with Crippen molar-refractivity contribution in [1.29, 1.82) is 0 Å². The average Bonchev–Trinajstić information content (AvgIpc) is 3.09. The monoisotopic (exact) mass is 357 g/mol. The number of methoxy groups -OCH3 is 1. The third-order valence-corrected chi connectivity index (χ3v) is 4.86. The van der Waals surface area contributed by atoms with Gasteiger partial charge in [-0.3, -0.25) is 9.69 Å². The van der Waals surface area contributed by atoms with Crippen LogP contribution >= 0.6 is 0 Å². The molecule has 6 heteroatoms. The van der Waals surface area contributed by atoms with Gasteiger partial charge in [-0.2, -0.15) is 0 Å². The van der Waals surface area contributed by atoms with Gasteiger partial charge in [0.25, 0.3) is 0 Å². The van der Waals surface area contributed by atoms with E-state index >= 15 is 0 Å². The summed E-state index contributed by atoms with van der Waals surface area (Å²) in [5, 5.41) is 7.18. The topological polar surface area (TPSA) is 67.6 Å². The second kappa shape index (κ2) is 8.85. The fourth-order valence-corrected chi connectivity index (χ4v) is 3.54. The van der Waals surface area contributed by atoms with Gasteiger partial charge in [0.2, 0.25) is 5.91 Å². The van der Waals surface area contributed by atoms with Crippen LogP contribution in [0.2, 0.25) is 0 Å². The van der Waals surface area contributed by atoms with Crippen LogP contribution in [-0.2, 0) is 11.2 Å². The summed E-state index contributed by atoms with van der Waals surface area (Å²) in [7, 11) is 1.67. The number of piperidine rings is 1. The van der Waals surface area contributed by atoms with Gasteiger partial charge in [0.1, 0.15) is 17.2 Å². The van der Waals surface area contributed by atoms with Crippen molar-refractivity contribution >= 4 is 5.91 Å². The number of nitrogens with one attached hydrogen (secondary N) is 1. The van der Waals surface area contributed by atoms with Crippen LogP contribution < -0.4 is 10.1 Å². The van der Waals surface area contributed by atoms with Crippen molar-refractivity contribution in [2.75, 3.05) is 26.7 Å². The first-order chi connectivity index (χ1) is 12.7. The third-order valence-electron chi connectivity index (χ3n) is 4.86. The van der Waals surface area contributed by atoms with Gasteiger partial charge in [0, 0.05) is 12.6 Å². The molecule has 1 saturated heterocycles. The molecule has 1 amide bonds. The lowest BCUT2D eigenvalue weighted by Gasteiger charge is -2.33. The summed E-state index contributed by atoms with van der Waals surface area (Å²) in [5.41, 5.74) is 2.04. The highest BCUT2D eigenvalue weighted by Crippen LogP contribution is 2.30. The summed E-state index contributed by atoms with van der Waals surface area (Å²) in [6, 6.07) is 10.0. The number of nitrogens with zero attached hydrogens (tertiary/aromatic N) is 2. The van der Waals surface area contributed by atoms with E-state index in [0.717, 1.165) is 55.0 Å². The Labute approximate surface area is 154 Å². The smallest absolute Gasteiger partial charge is 0.234 e. The molecule has 1 N–H and O–H groups in total. The van der Waals surface area contributed by atoms with Crippen LogP contribution in [0.3, 0.4) is 0 Å². The number of likely N-dealkylation sites (tertiary alicyclic amines) is 1. The summed E-state index contributed by atoms with van der Waals surface area (Å²) >= 11 is 0. The SMILES string of the molecule is COc1ccccc1CCNC(=O)CN1CCCCC1c1cc(C)on1. The van der Waals surface area contributed by atoms with Gasteiger partial charge < -0.3 is 14.6 Å². The molecular formula is C20H27N3O3. The molecule has 0 aliphatic carbocycles. The number of amides is 1. The number of ether oxygens (including phenoxy) is 1. The summed E-state index contributed by atoms with van der Waals surface area (Å²) in [4.78, 5) is 14.6. The first kappa shape index (κ1) is 18.5. The Morgan fingerprint density at radius 1 is 1.38 bits per heavy atom. The molecule has 26 heavy (non-hydrogen) atoms. The number of hydrogen-bond acceptors (Lipinski definition) is 5. The predicted molar refractivity (Wildman–Crippen MR) is 99.1 cm³/mol. The predicted octanol–water partition coefficient (Wildman–Crippen LogP) is 2.88. The van der Waals surface area contributed by atoms with Crippen molar-refractivity contribution in [3.63, 3.8) is 0 Å². The molecule has 1 aliphatic heterocycles. The molecule has 1 fully saturated rings. The number of carbonyl (C=O) groups is 1. The molecule has 1 aromatic heterocycles. The summed E-state index contributed by atoms with van der Waals surface area (Å²) in [5.74, 6) is 1.72. The number of hydrogen-bond donors (Lipinski definition) is 1. The van der Waals surface area contributed by atoms with Crippen LogP contribution in [0.15, 0.2) is 34.9 Å². The molecule has 1 aliphatic rings. The molecular weight excluding hydrogens is 330 g/mol. The van der Waals surface area contributed by atoms with Gasteiger partial charge in [-0.05, 0) is 44.4 Å². The maximum Gasteiger partial charge on any atom is 0.234 e. The lowest BCUT2D eigenvalue weighted by molar-refractivity contribution is -0.123. The lowest BCUT2D eigenvalue weighted by atomic mass is 9.99. The first-order valence-electron chi connectivity index (χ1n) is 9.23. The van der Waals surface area contributed by atoms with Crippen molar-refractivity contribution in [2.45, 2.75) is 38.6 Å². The van der Waals surface area contributed by atoms with Crippen LogP contribution in [0.25, 0.3) is 0 Å². The number of rotatable bonds is 7. The van der Waals surface area contributed by atoms with E-state index in [1.54, 1.807) is 7.11 Å². The van der Waals surface area contributed by atoms with E-state index in [2.05, 4.69) is 15.4 Å². The Morgan fingerprint density at radius 2 is 2.23 bits per heavy atom. The van der Waals surface area contributed by atoms with Gasteiger partial charge in [-0.1, -0.05) is 29.8 Å². The standard InChI is InChI=1S/C20H27N3O3/c1-15-13-17(22-26-15)18-8-5-6-12-23(18)14-20(24)21-11-10-16-7-3-4-9-19(16)25-2/h3-4,7,9,13,18H,5-6,8,10-12,14H2,1-2H3,(H,21,24). The van der Waals surface area contributed by atoms with Crippen LogP contribution in [0.1, 0.15) is 42.3 Å². The van der Waals surface area contributed by atoms with E-state index in [4.69, 9.17) is 9.26 Å². The number of carbonyl (C=O) groups excluding carboxylic acids is 1. The average molecular weight is 357 g/mol. The largest absolute Gasteiger partial charge is 0.496 e. The minimum atomic E-state index is 0.0482. The fourth-order valence-electron chi connectivity index (χ4n) is 3.54. The molecule has 0 radical (unpaired) electrons. The summed E-state index contributed by atoms with van der Waals surface area (Å²) < 4.78 is 10.6. The molecule has 2 heterocycles. The van der Waals surface area contributed by atoms with E-state index in [1.807, 2.05) is 37.3 Å².